The molecule has 0 bridgehead atoms. The Labute approximate surface area is 206 Å². The molecule has 2 fully saturated rings. The van der Waals surface area contributed by atoms with E-state index in [9.17, 15) is 9.18 Å². The number of piperidine rings is 1. The zero-order valence-corrected chi connectivity index (χ0v) is 20.9. The maximum Gasteiger partial charge on any atom is 0.223 e. The summed E-state index contributed by atoms with van der Waals surface area (Å²) >= 11 is 6.18. The fraction of sp³-hybridized carbons (Fsp3) is 0.538. The van der Waals surface area contributed by atoms with E-state index in [1.807, 2.05) is 30.0 Å². The summed E-state index contributed by atoms with van der Waals surface area (Å²) < 4.78 is 19.6. The zero-order valence-electron chi connectivity index (χ0n) is 20.1. The van der Waals surface area contributed by atoms with E-state index < -0.39 is 0 Å². The maximum atomic E-state index is 13.4. The molecule has 0 aliphatic carbocycles. The molecule has 0 saturated carbocycles. The largest absolute Gasteiger partial charge is 0.493 e. The van der Waals surface area contributed by atoms with Crippen molar-refractivity contribution in [2.45, 2.75) is 32.7 Å². The first kappa shape index (κ1) is 24.9. The number of piperazine rings is 1. The number of hydrogen-bond acceptors (Lipinski definition) is 5. The van der Waals surface area contributed by atoms with Crippen LogP contribution < -0.4 is 4.74 Å². The molecule has 2 aliphatic heterocycles. The van der Waals surface area contributed by atoms with Crippen LogP contribution in [0.4, 0.5) is 4.39 Å². The molecule has 6 nitrogen and oxygen atoms in total. The average Bonchev–Trinajstić information content (AvgIpc) is 2.82. The Morgan fingerprint density at radius 3 is 2.68 bits per heavy atom. The molecule has 0 unspecified atom stereocenters. The Hall–Kier alpha value is -2.22. The van der Waals surface area contributed by atoms with Crippen LogP contribution in [0.2, 0.25) is 5.02 Å². The number of ether oxygens (including phenoxy) is 1. The fourth-order valence-electron chi connectivity index (χ4n) is 4.92. The number of aryl methyl sites for hydroxylation is 1. The first-order chi connectivity index (χ1) is 16.3. The molecule has 1 amide bonds. The second kappa shape index (κ2) is 11.0. The van der Waals surface area contributed by atoms with Crippen molar-refractivity contribution in [3.8, 4) is 5.75 Å². The monoisotopic (exact) mass is 488 g/mol. The number of likely N-dealkylation sites (tertiary alicyclic amines) is 1. The van der Waals surface area contributed by atoms with Gasteiger partial charge in [-0.2, -0.15) is 0 Å². The third kappa shape index (κ3) is 6.46. The van der Waals surface area contributed by atoms with Crippen molar-refractivity contribution in [2.24, 2.45) is 5.41 Å². The number of nitrogens with zero attached hydrogens (tertiary/aromatic N) is 4. The van der Waals surface area contributed by atoms with Crippen molar-refractivity contribution in [1.82, 2.24) is 19.7 Å². The van der Waals surface area contributed by atoms with Gasteiger partial charge in [0.05, 0.1) is 18.5 Å². The van der Waals surface area contributed by atoms with Crippen LogP contribution in [-0.4, -0.2) is 78.5 Å². The van der Waals surface area contributed by atoms with Gasteiger partial charge in [0.2, 0.25) is 5.91 Å². The summed E-state index contributed by atoms with van der Waals surface area (Å²) in [4.78, 5) is 24.2. The van der Waals surface area contributed by atoms with Crippen molar-refractivity contribution in [3.63, 3.8) is 0 Å². The standard InChI is InChI=1S/C26H34ClFN4O2/c1-20-14-23(6-7-24(20)27)34-19-26(15-25(33)32-12-10-30(2)11-13-32)8-3-9-31(18-26)17-22-5-4-21(28)16-29-22/h4-7,14,16H,3,8-13,15,17-19H2,1-2H3/t26-/m0/s1. The Kier molecular flexibility index (Phi) is 8.06. The van der Waals surface area contributed by atoms with Crippen molar-refractivity contribution in [2.75, 3.05) is 52.9 Å². The zero-order chi connectivity index (χ0) is 24.1. The van der Waals surface area contributed by atoms with E-state index in [1.165, 1.54) is 12.3 Å². The van der Waals surface area contributed by atoms with Crippen LogP contribution in [0.5, 0.6) is 5.75 Å². The molecule has 0 spiro atoms. The molecule has 2 aromatic rings. The first-order valence-electron chi connectivity index (χ1n) is 12.0. The Balaban J connectivity index is 1.49. The summed E-state index contributed by atoms with van der Waals surface area (Å²) in [6.07, 6.45) is 3.61. The molecule has 3 heterocycles. The molecule has 1 atom stereocenters. The smallest absolute Gasteiger partial charge is 0.223 e. The molecule has 0 N–H and O–H groups in total. The minimum atomic E-state index is -0.332. The highest BCUT2D eigenvalue weighted by atomic mass is 35.5. The van der Waals surface area contributed by atoms with E-state index in [2.05, 4.69) is 21.8 Å². The van der Waals surface area contributed by atoms with E-state index in [-0.39, 0.29) is 17.1 Å². The second-order valence-electron chi connectivity index (χ2n) is 9.84. The SMILES string of the molecule is Cc1cc(OC[C@]2(CC(=O)N3CCN(C)CC3)CCCN(Cc3ccc(F)cn3)C2)ccc1Cl. The summed E-state index contributed by atoms with van der Waals surface area (Å²) in [7, 11) is 2.09. The van der Waals surface area contributed by atoms with E-state index in [4.69, 9.17) is 16.3 Å². The van der Waals surface area contributed by atoms with E-state index in [0.717, 1.165) is 69.1 Å². The molecule has 8 heteroatoms. The number of aromatic nitrogens is 1. The molecular weight excluding hydrogens is 455 g/mol. The lowest BCUT2D eigenvalue weighted by Gasteiger charge is -2.43. The van der Waals surface area contributed by atoms with Gasteiger partial charge in [-0.05, 0) is 69.3 Å². The highest BCUT2D eigenvalue weighted by Gasteiger charge is 2.40. The number of amides is 1. The molecular formula is C26H34ClFN4O2. The number of carbonyl (C=O) groups is 1. The van der Waals surface area contributed by atoms with Crippen LogP contribution in [0.3, 0.4) is 0 Å². The van der Waals surface area contributed by atoms with Crippen molar-refractivity contribution in [3.05, 3.63) is 58.6 Å². The molecule has 4 rings (SSSR count). The van der Waals surface area contributed by atoms with Gasteiger partial charge in [0.1, 0.15) is 11.6 Å². The molecule has 34 heavy (non-hydrogen) atoms. The molecule has 2 saturated heterocycles. The van der Waals surface area contributed by atoms with Crippen LogP contribution in [0, 0.1) is 18.2 Å². The third-order valence-corrected chi connectivity index (χ3v) is 7.40. The molecule has 1 aromatic carbocycles. The number of benzene rings is 1. The highest BCUT2D eigenvalue weighted by Crippen LogP contribution is 2.36. The summed E-state index contributed by atoms with van der Waals surface area (Å²) in [6, 6.07) is 8.85. The topological polar surface area (TPSA) is 48.9 Å². The number of rotatable bonds is 7. The molecule has 2 aliphatic rings. The Morgan fingerprint density at radius 2 is 1.97 bits per heavy atom. The van der Waals surface area contributed by atoms with Gasteiger partial charge in [-0.25, -0.2) is 4.39 Å². The lowest BCUT2D eigenvalue weighted by atomic mass is 9.77. The van der Waals surface area contributed by atoms with Crippen molar-refractivity contribution < 1.29 is 13.9 Å². The lowest BCUT2D eigenvalue weighted by Crippen LogP contribution is -2.52. The molecule has 1 aromatic heterocycles. The van der Waals surface area contributed by atoms with E-state index in [0.29, 0.717) is 24.6 Å². The quantitative estimate of drug-likeness (QED) is 0.589. The van der Waals surface area contributed by atoms with Crippen LogP contribution in [-0.2, 0) is 11.3 Å². The normalized spacial score (nSPS) is 22.1. The molecule has 0 radical (unpaired) electrons. The predicted molar refractivity (Wildman–Crippen MR) is 132 cm³/mol. The Morgan fingerprint density at radius 1 is 1.18 bits per heavy atom. The minimum Gasteiger partial charge on any atom is -0.493 e. The van der Waals surface area contributed by atoms with E-state index >= 15 is 0 Å². The van der Waals surface area contributed by atoms with Crippen LogP contribution in [0.15, 0.2) is 36.5 Å². The van der Waals surface area contributed by atoms with Crippen LogP contribution in [0.1, 0.15) is 30.5 Å². The third-order valence-electron chi connectivity index (χ3n) is 6.97. The first-order valence-corrected chi connectivity index (χ1v) is 12.4. The fourth-order valence-corrected chi connectivity index (χ4v) is 5.04. The number of likely N-dealkylation sites (N-methyl/N-ethyl adjacent to an activating group) is 1. The maximum absolute atomic E-state index is 13.4. The van der Waals surface area contributed by atoms with Crippen LogP contribution in [0.25, 0.3) is 0 Å². The highest BCUT2D eigenvalue weighted by molar-refractivity contribution is 6.31. The summed E-state index contributed by atoms with van der Waals surface area (Å²) in [5.74, 6) is 0.637. The number of pyridine rings is 1. The number of halogens is 2. The van der Waals surface area contributed by atoms with E-state index in [1.54, 1.807) is 6.07 Å². The Bertz CT molecular complexity index is 981. The van der Waals surface area contributed by atoms with Gasteiger partial charge in [0.25, 0.3) is 0 Å². The summed E-state index contributed by atoms with van der Waals surface area (Å²) in [6.45, 7) is 8.05. The van der Waals surface area contributed by atoms with Crippen molar-refractivity contribution in [1.29, 1.82) is 0 Å². The van der Waals surface area contributed by atoms with Crippen LogP contribution >= 0.6 is 11.6 Å². The van der Waals surface area contributed by atoms with Gasteiger partial charge in [0, 0.05) is 56.1 Å². The predicted octanol–water partition coefficient (Wildman–Crippen LogP) is 4.01. The van der Waals surface area contributed by atoms with Gasteiger partial charge in [-0.3, -0.25) is 14.7 Å². The van der Waals surface area contributed by atoms with Gasteiger partial charge in [-0.15, -0.1) is 0 Å². The average molecular weight is 489 g/mol. The lowest BCUT2D eigenvalue weighted by molar-refractivity contribution is -0.137. The minimum absolute atomic E-state index is 0.200. The van der Waals surface area contributed by atoms with Gasteiger partial charge in [-0.1, -0.05) is 11.6 Å². The molecule has 184 valence electrons. The number of carbonyl (C=O) groups excluding carboxylic acids is 1. The summed E-state index contributed by atoms with van der Waals surface area (Å²) in [5.41, 5.74) is 1.50. The second-order valence-corrected chi connectivity index (χ2v) is 10.2. The van der Waals surface area contributed by atoms with Gasteiger partial charge >= 0.3 is 0 Å². The van der Waals surface area contributed by atoms with Gasteiger partial charge in [0.15, 0.2) is 0 Å². The summed E-state index contributed by atoms with van der Waals surface area (Å²) in [5, 5.41) is 0.711. The van der Waals surface area contributed by atoms with Crippen molar-refractivity contribution >= 4 is 17.5 Å². The number of hydrogen-bond donors (Lipinski definition) is 0. The van der Waals surface area contributed by atoms with Gasteiger partial charge < -0.3 is 14.5 Å².